The highest BCUT2D eigenvalue weighted by molar-refractivity contribution is 5.75. The van der Waals surface area contributed by atoms with Crippen LogP contribution < -0.4 is 11.1 Å². The van der Waals surface area contributed by atoms with E-state index in [0.29, 0.717) is 13.0 Å². The molecule has 0 spiro atoms. The molecule has 0 saturated heterocycles. The van der Waals surface area contributed by atoms with Crippen LogP contribution in [0.5, 0.6) is 0 Å². The summed E-state index contributed by atoms with van der Waals surface area (Å²) in [4.78, 5) is 11.8. The Morgan fingerprint density at radius 2 is 1.65 bits per heavy atom. The van der Waals surface area contributed by atoms with Gasteiger partial charge in [0.15, 0.2) is 0 Å². The van der Waals surface area contributed by atoms with Crippen molar-refractivity contribution in [3.8, 4) is 0 Å². The number of hydrogen-bond acceptors (Lipinski definition) is 2. The summed E-state index contributed by atoms with van der Waals surface area (Å²) in [5, 5.41) is 3.03. The lowest BCUT2D eigenvalue weighted by molar-refractivity contribution is -0.121. The zero-order valence-electron chi connectivity index (χ0n) is 13.1. The summed E-state index contributed by atoms with van der Waals surface area (Å²) in [6, 6.07) is 4.34. The fraction of sp³-hybridized carbons (Fsp3) is 0.588. The molecule has 3 nitrogen and oxygen atoms in total. The highest BCUT2D eigenvalue weighted by atomic mass is 16.1. The number of nitrogens with two attached hydrogens (primary N) is 1. The van der Waals surface area contributed by atoms with Gasteiger partial charge in [-0.1, -0.05) is 30.5 Å². The van der Waals surface area contributed by atoms with Gasteiger partial charge in [0.05, 0.1) is 0 Å². The fourth-order valence-electron chi connectivity index (χ4n) is 2.55. The first-order valence-corrected chi connectivity index (χ1v) is 7.58. The molecule has 0 radical (unpaired) electrons. The molecule has 20 heavy (non-hydrogen) atoms. The predicted molar refractivity (Wildman–Crippen MR) is 84.6 cm³/mol. The number of carbonyl (C=O) groups excluding carboxylic acids is 1. The summed E-state index contributed by atoms with van der Waals surface area (Å²) < 4.78 is 0. The van der Waals surface area contributed by atoms with E-state index in [-0.39, 0.29) is 5.91 Å². The molecule has 1 aromatic rings. The molecule has 3 N–H and O–H groups in total. The van der Waals surface area contributed by atoms with Crippen molar-refractivity contribution in [3.05, 3.63) is 34.4 Å². The number of hydrogen-bond donors (Lipinski definition) is 2. The zero-order valence-corrected chi connectivity index (χ0v) is 13.1. The number of carbonyl (C=O) groups is 1. The molecular weight excluding hydrogens is 248 g/mol. The van der Waals surface area contributed by atoms with Crippen LogP contribution in [0.1, 0.15) is 54.4 Å². The highest BCUT2D eigenvalue weighted by Gasteiger charge is 2.06. The smallest absolute Gasteiger partial charge is 0.220 e. The number of unbranched alkanes of at least 4 members (excludes halogenated alkanes) is 3. The summed E-state index contributed by atoms with van der Waals surface area (Å²) in [5.41, 5.74) is 10.5. The summed E-state index contributed by atoms with van der Waals surface area (Å²) in [7, 11) is 0. The maximum atomic E-state index is 11.8. The van der Waals surface area contributed by atoms with Gasteiger partial charge in [-0.2, -0.15) is 0 Å². The van der Waals surface area contributed by atoms with Crippen LogP contribution >= 0.6 is 0 Å². The second-order valence-electron chi connectivity index (χ2n) is 5.61. The van der Waals surface area contributed by atoms with Crippen LogP contribution in [-0.4, -0.2) is 12.5 Å². The first-order chi connectivity index (χ1) is 9.54. The standard InChI is InChI=1S/C17H28N2O/c1-13-10-14(2)16(15(3)11-13)12-19-17(20)8-6-4-5-7-9-18/h10-11H,4-9,12,18H2,1-3H3,(H,19,20). The van der Waals surface area contributed by atoms with E-state index in [9.17, 15) is 4.79 Å². The van der Waals surface area contributed by atoms with E-state index in [1.807, 2.05) is 0 Å². The molecule has 0 aliphatic heterocycles. The average Bonchev–Trinajstić information content (AvgIpc) is 2.37. The van der Waals surface area contributed by atoms with E-state index in [4.69, 9.17) is 5.73 Å². The second kappa shape index (κ2) is 8.75. The lowest BCUT2D eigenvalue weighted by Crippen LogP contribution is -2.23. The third-order valence-corrected chi connectivity index (χ3v) is 3.66. The van der Waals surface area contributed by atoms with E-state index in [1.165, 1.54) is 22.3 Å². The number of nitrogens with one attached hydrogen (secondary N) is 1. The molecule has 0 aromatic heterocycles. The molecule has 0 atom stereocenters. The molecule has 1 rings (SSSR count). The normalized spacial score (nSPS) is 10.6. The molecule has 3 heteroatoms. The quantitative estimate of drug-likeness (QED) is 0.717. The number of rotatable bonds is 8. The second-order valence-corrected chi connectivity index (χ2v) is 5.61. The monoisotopic (exact) mass is 276 g/mol. The Hall–Kier alpha value is -1.35. The first kappa shape index (κ1) is 16.7. The Morgan fingerprint density at radius 3 is 2.25 bits per heavy atom. The molecule has 0 heterocycles. The Kier molecular flexibility index (Phi) is 7.31. The van der Waals surface area contributed by atoms with Gasteiger partial charge in [0, 0.05) is 13.0 Å². The highest BCUT2D eigenvalue weighted by Crippen LogP contribution is 2.16. The van der Waals surface area contributed by atoms with Gasteiger partial charge in [-0.3, -0.25) is 4.79 Å². The van der Waals surface area contributed by atoms with Crippen molar-refractivity contribution in [2.75, 3.05) is 6.54 Å². The fourth-order valence-corrected chi connectivity index (χ4v) is 2.55. The molecule has 0 bridgehead atoms. The summed E-state index contributed by atoms with van der Waals surface area (Å²) >= 11 is 0. The van der Waals surface area contributed by atoms with E-state index in [1.54, 1.807) is 0 Å². The SMILES string of the molecule is Cc1cc(C)c(CNC(=O)CCCCCCN)c(C)c1. The number of amides is 1. The minimum atomic E-state index is 0.150. The Balaban J connectivity index is 2.34. The van der Waals surface area contributed by atoms with Crippen LogP contribution in [0.4, 0.5) is 0 Å². The van der Waals surface area contributed by atoms with Gasteiger partial charge in [0.1, 0.15) is 0 Å². The van der Waals surface area contributed by atoms with Gasteiger partial charge in [0.2, 0.25) is 5.91 Å². The van der Waals surface area contributed by atoms with Gasteiger partial charge < -0.3 is 11.1 Å². The van der Waals surface area contributed by atoms with E-state index in [2.05, 4.69) is 38.2 Å². The van der Waals surface area contributed by atoms with Crippen molar-refractivity contribution in [1.82, 2.24) is 5.32 Å². The van der Waals surface area contributed by atoms with Gasteiger partial charge in [-0.25, -0.2) is 0 Å². The van der Waals surface area contributed by atoms with Crippen molar-refractivity contribution < 1.29 is 4.79 Å². The predicted octanol–water partition coefficient (Wildman–Crippen LogP) is 3.14. The molecule has 0 fully saturated rings. The average molecular weight is 276 g/mol. The van der Waals surface area contributed by atoms with Crippen molar-refractivity contribution in [2.24, 2.45) is 5.73 Å². The largest absolute Gasteiger partial charge is 0.352 e. The van der Waals surface area contributed by atoms with Crippen LogP contribution in [0.25, 0.3) is 0 Å². The summed E-state index contributed by atoms with van der Waals surface area (Å²) in [6.07, 6.45) is 4.85. The van der Waals surface area contributed by atoms with E-state index < -0.39 is 0 Å². The topological polar surface area (TPSA) is 55.1 Å². The molecule has 0 unspecified atom stereocenters. The van der Waals surface area contributed by atoms with Gasteiger partial charge in [0.25, 0.3) is 0 Å². The van der Waals surface area contributed by atoms with Crippen LogP contribution in [0, 0.1) is 20.8 Å². The van der Waals surface area contributed by atoms with Gasteiger partial charge >= 0.3 is 0 Å². The third-order valence-electron chi connectivity index (χ3n) is 3.66. The zero-order chi connectivity index (χ0) is 15.0. The van der Waals surface area contributed by atoms with E-state index >= 15 is 0 Å². The minimum Gasteiger partial charge on any atom is -0.352 e. The van der Waals surface area contributed by atoms with Crippen LogP contribution in [0.3, 0.4) is 0 Å². The maximum absolute atomic E-state index is 11.8. The Morgan fingerprint density at radius 1 is 1.05 bits per heavy atom. The lowest BCUT2D eigenvalue weighted by Gasteiger charge is -2.12. The summed E-state index contributed by atoms with van der Waals surface area (Å²) in [5.74, 6) is 0.150. The van der Waals surface area contributed by atoms with Crippen molar-refractivity contribution in [1.29, 1.82) is 0 Å². The molecule has 1 aromatic carbocycles. The molecule has 1 amide bonds. The van der Waals surface area contributed by atoms with E-state index in [0.717, 1.165) is 32.2 Å². The van der Waals surface area contributed by atoms with Crippen LogP contribution in [0.15, 0.2) is 12.1 Å². The Labute approximate surface area is 122 Å². The van der Waals surface area contributed by atoms with Crippen LogP contribution in [0.2, 0.25) is 0 Å². The number of aryl methyl sites for hydroxylation is 3. The first-order valence-electron chi connectivity index (χ1n) is 7.58. The number of benzene rings is 1. The van der Waals surface area contributed by atoms with Crippen molar-refractivity contribution in [2.45, 2.75) is 59.4 Å². The molecule has 0 aliphatic carbocycles. The van der Waals surface area contributed by atoms with Gasteiger partial charge in [-0.05, 0) is 56.8 Å². The Bertz CT molecular complexity index is 418. The van der Waals surface area contributed by atoms with Gasteiger partial charge in [-0.15, -0.1) is 0 Å². The molecular formula is C17H28N2O. The van der Waals surface area contributed by atoms with Crippen molar-refractivity contribution >= 4 is 5.91 Å². The van der Waals surface area contributed by atoms with Crippen LogP contribution in [-0.2, 0) is 11.3 Å². The lowest BCUT2D eigenvalue weighted by atomic mass is 10.00. The maximum Gasteiger partial charge on any atom is 0.220 e. The molecule has 112 valence electrons. The summed E-state index contributed by atoms with van der Waals surface area (Å²) in [6.45, 7) is 7.70. The minimum absolute atomic E-state index is 0.150. The third kappa shape index (κ3) is 5.74. The molecule has 0 aliphatic rings. The molecule has 0 saturated carbocycles. The van der Waals surface area contributed by atoms with Crippen molar-refractivity contribution in [3.63, 3.8) is 0 Å².